The molecule has 3 N–H and O–H groups in total. The van der Waals surface area contributed by atoms with Crippen molar-refractivity contribution in [1.29, 1.82) is 0 Å². The Morgan fingerprint density at radius 3 is 2.37 bits per heavy atom. The maximum atomic E-state index is 7.00. The molecule has 2 fully saturated rings. The molecule has 0 saturated heterocycles. The highest BCUT2D eigenvalue weighted by atomic mass is 16.2. The van der Waals surface area contributed by atoms with Crippen molar-refractivity contribution in [2.75, 3.05) is 20.7 Å². The Kier molecular flexibility index (Phi) is 9.83. The van der Waals surface area contributed by atoms with E-state index in [1.54, 1.807) is 0 Å². The molecule has 4 nitrogen and oxygen atoms in total. The van der Waals surface area contributed by atoms with Crippen molar-refractivity contribution in [3.63, 3.8) is 0 Å². The summed E-state index contributed by atoms with van der Waals surface area (Å²) in [6, 6.07) is 6.62. The molecule has 4 rings (SSSR count). The predicted molar refractivity (Wildman–Crippen MR) is 129 cm³/mol. The average Bonchev–Trinajstić information content (AvgIpc) is 3.27. The first-order valence-electron chi connectivity index (χ1n) is 11.9. The second-order valence-electron chi connectivity index (χ2n) is 10.3. The number of H-pyrrole nitrogens is 1. The molecule has 2 aliphatic carbocycles. The predicted octanol–water partition coefficient (Wildman–Crippen LogP) is 5.84. The van der Waals surface area contributed by atoms with Crippen molar-refractivity contribution in [2.45, 2.75) is 84.5 Å². The third-order valence-corrected chi connectivity index (χ3v) is 6.71. The third kappa shape index (κ3) is 7.39. The first-order valence-corrected chi connectivity index (χ1v) is 11.9. The Labute approximate surface area is 184 Å². The van der Waals surface area contributed by atoms with Crippen LogP contribution < -0.4 is 5.32 Å². The number of aliphatic hydroxyl groups excluding tert-OH is 1. The lowest BCUT2D eigenvalue weighted by Crippen LogP contribution is -2.16. The van der Waals surface area contributed by atoms with Crippen LogP contribution in [0.25, 0.3) is 11.0 Å². The van der Waals surface area contributed by atoms with E-state index in [0.29, 0.717) is 0 Å². The first kappa shape index (κ1) is 24.9. The monoisotopic (exact) mass is 415 g/mol. The summed E-state index contributed by atoms with van der Waals surface area (Å²) in [5.41, 5.74) is 3.87. The number of nitrogens with one attached hydrogen (secondary N) is 2. The highest BCUT2D eigenvalue weighted by Gasteiger charge is 2.20. The highest BCUT2D eigenvalue weighted by molar-refractivity contribution is 5.76. The minimum atomic E-state index is 0.200. The van der Waals surface area contributed by atoms with Gasteiger partial charge in [0.2, 0.25) is 0 Å². The van der Waals surface area contributed by atoms with Gasteiger partial charge in [-0.2, -0.15) is 0 Å². The number of aliphatic hydroxyl groups is 1. The summed E-state index contributed by atoms with van der Waals surface area (Å²) < 4.78 is 0. The fourth-order valence-corrected chi connectivity index (χ4v) is 4.57. The fraction of sp³-hybridized carbons (Fsp3) is 0.731. The van der Waals surface area contributed by atoms with Crippen LogP contribution in [0.4, 0.5) is 0 Å². The van der Waals surface area contributed by atoms with Gasteiger partial charge in [0.15, 0.2) is 0 Å². The Balaban J connectivity index is 0.000000245. The van der Waals surface area contributed by atoms with E-state index in [2.05, 4.69) is 56.2 Å². The summed E-state index contributed by atoms with van der Waals surface area (Å²) in [5, 5.41) is 10.2. The number of nitrogens with zero attached hydrogens (tertiary/aromatic N) is 1. The molecule has 0 amide bonds. The van der Waals surface area contributed by atoms with Crippen LogP contribution in [0.2, 0.25) is 0 Å². The zero-order valence-electron chi connectivity index (χ0n) is 20.2. The van der Waals surface area contributed by atoms with Gasteiger partial charge >= 0.3 is 0 Å². The van der Waals surface area contributed by atoms with Crippen LogP contribution >= 0.6 is 0 Å². The van der Waals surface area contributed by atoms with Crippen molar-refractivity contribution in [2.24, 2.45) is 17.8 Å². The number of aryl methyl sites for hydroxylation is 1. The molecule has 2 atom stereocenters. The highest BCUT2D eigenvalue weighted by Crippen LogP contribution is 2.31. The Morgan fingerprint density at radius 2 is 1.83 bits per heavy atom. The van der Waals surface area contributed by atoms with E-state index < -0.39 is 0 Å². The minimum absolute atomic E-state index is 0.200. The van der Waals surface area contributed by atoms with Crippen LogP contribution in [0.3, 0.4) is 0 Å². The number of rotatable bonds is 5. The zero-order valence-corrected chi connectivity index (χ0v) is 20.2. The molecule has 170 valence electrons. The van der Waals surface area contributed by atoms with Crippen LogP contribution in [-0.2, 0) is 11.8 Å². The lowest BCUT2D eigenvalue weighted by molar-refractivity contribution is 0.295. The summed E-state index contributed by atoms with van der Waals surface area (Å²) in [6.07, 6.45) is 11.0. The van der Waals surface area contributed by atoms with Gasteiger partial charge in [-0.1, -0.05) is 59.4 Å². The van der Waals surface area contributed by atoms with Crippen LogP contribution in [0.15, 0.2) is 18.2 Å². The second kappa shape index (κ2) is 11.9. The van der Waals surface area contributed by atoms with Crippen molar-refractivity contribution >= 4 is 11.0 Å². The van der Waals surface area contributed by atoms with Gasteiger partial charge in [-0.05, 0) is 73.7 Å². The molecule has 0 radical (unpaired) electrons. The molecule has 0 aliphatic heterocycles. The maximum Gasteiger partial charge on any atom is 0.107 e. The van der Waals surface area contributed by atoms with Crippen molar-refractivity contribution in [3.8, 4) is 0 Å². The third-order valence-electron chi connectivity index (χ3n) is 6.71. The minimum Gasteiger partial charge on any atom is -0.400 e. The van der Waals surface area contributed by atoms with E-state index in [1.165, 1.54) is 62.6 Å². The number of benzene rings is 1. The van der Waals surface area contributed by atoms with Gasteiger partial charge in [-0.3, -0.25) is 0 Å². The number of fused-ring (bicyclic) bond motifs is 1. The molecule has 2 saturated carbocycles. The van der Waals surface area contributed by atoms with Gasteiger partial charge in [0.25, 0.3) is 0 Å². The molecule has 2 aliphatic rings. The molecule has 4 heteroatoms. The zero-order chi connectivity index (χ0) is 22.1. The van der Waals surface area contributed by atoms with Gasteiger partial charge < -0.3 is 15.4 Å². The molecule has 0 spiro atoms. The molecule has 1 heterocycles. The molecule has 2 aromatic rings. The first-order chi connectivity index (χ1) is 14.3. The molecule has 2 unspecified atom stereocenters. The fourth-order valence-electron chi connectivity index (χ4n) is 4.57. The number of aromatic nitrogens is 2. The van der Waals surface area contributed by atoms with E-state index in [4.69, 9.17) is 10.1 Å². The van der Waals surface area contributed by atoms with Gasteiger partial charge in [0, 0.05) is 13.5 Å². The molecule has 30 heavy (non-hydrogen) atoms. The summed E-state index contributed by atoms with van der Waals surface area (Å²) in [7, 11) is 3.04. The lowest BCUT2D eigenvalue weighted by Gasteiger charge is -2.24. The van der Waals surface area contributed by atoms with Crippen LogP contribution in [0, 0.1) is 17.8 Å². The van der Waals surface area contributed by atoms with Crippen LogP contribution in [0.5, 0.6) is 0 Å². The smallest absolute Gasteiger partial charge is 0.107 e. The van der Waals surface area contributed by atoms with Crippen LogP contribution in [0.1, 0.15) is 84.0 Å². The Hall–Kier alpha value is -1.39. The standard InChI is InChI=1S/C17H24N2.C8H17N.CH4O/c1-17(2,3)13-8-9-14-15(11-13)19-16(18-14)10-7-12-5-4-6-12;1-7-3-4-8(5-7)6-9-2;1-2/h8-9,11-12H,4-7,10H2,1-3H3,(H,18,19);7-9H,3-6H2,1-2H3;2H,1H3. The molecular formula is C26H45N3O. The lowest BCUT2D eigenvalue weighted by atomic mass is 9.82. The molecule has 1 aromatic carbocycles. The summed E-state index contributed by atoms with van der Waals surface area (Å²) in [6.45, 7) is 10.3. The normalized spacial score (nSPS) is 21.4. The maximum absolute atomic E-state index is 7.00. The van der Waals surface area contributed by atoms with Crippen molar-refractivity contribution < 1.29 is 5.11 Å². The second-order valence-corrected chi connectivity index (χ2v) is 10.3. The Morgan fingerprint density at radius 1 is 1.10 bits per heavy atom. The van der Waals surface area contributed by atoms with Crippen molar-refractivity contribution in [3.05, 3.63) is 29.6 Å². The number of hydrogen-bond donors (Lipinski definition) is 3. The SMILES string of the molecule is CC(C)(C)c1ccc2nc(CCC3CCC3)[nH]c2c1.CNCC1CCC(C)C1.CO. The van der Waals surface area contributed by atoms with E-state index in [1.807, 2.05) is 7.05 Å². The summed E-state index contributed by atoms with van der Waals surface area (Å²) in [5.74, 6) is 4.08. The Bertz CT molecular complexity index is 740. The van der Waals surface area contributed by atoms with Gasteiger partial charge in [-0.25, -0.2) is 4.98 Å². The topological polar surface area (TPSA) is 60.9 Å². The average molecular weight is 416 g/mol. The van der Waals surface area contributed by atoms with E-state index >= 15 is 0 Å². The molecule has 1 aromatic heterocycles. The van der Waals surface area contributed by atoms with E-state index in [-0.39, 0.29) is 5.41 Å². The van der Waals surface area contributed by atoms with Crippen LogP contribution in [-0.4, -0.2) is 35.8 Å². The summed E-state index contributed by atoms with van der Waals surface area (Å²) in [4.78, 5) is 8.21. The number of imidazole rings is 1. The van der Waals surface area contributed by atoms with Gasteiger partial charge in [0.05, 0.1) is 11.0 Å². The van der Waals surface area contributed by atoms with Gasteiger partial charge in [-0.15, -0.1) is 0 Å². The van der Waals surface area contributed by atoms with Gasteiger partial charge in [0.1, 0.15) is 5.82 Å². The largest absolute Gasteiger partial charge is 0.400 e. The molecule has 0 bridgehead atoms. The molecular weight excluding hydrogens is 370 g/mol. The van der Waals surface area contributed by atoms with Crippen molar-refractivity contribution in [1.82, 2.24) is 15.3 Å². The van der Waals surface area contributed by atoms with E-state index in [9.17, 15) is 0 Å². The quantitative estimate of drug-likeness (QED) is 0.574. The number of aromatic amines is 1. The summed E-state index contributed by atoms with van der Waals surface area (Å²) >= 11 is 0. The van der Waals surface area contributed by atoms with E-state index in [0.717, 1.165) is 42.6 Å². The number of hydrogen-bond acceptors (Lipinski definition) is 3.